The molecule has 144 valence electrons. The lowest BCUT2D eigenvalue weighted by atomic mass is 10.1. The number of ketones is 2. The van der Waals surface area contributed by atoms with Crippen LogP contribution in [0.3, 0.4) is 0 Å². The number of Topliss-reactive ketones (excluding diaryl/α,β-unsaturated/α-hetero) is 2. The second-order valence-electron chi connectivity index (χ2n) is 6.29. The number of hydrogen-bond acceptors (Lipinski definition) is 7. The molecule has 0 radical (unpaired) electrons. The Kier molecular flexibility index (Phi) is 5.46. The van der Waals surface area contributed by atoms with Crippen molar-refractivity contribution in [1.82, 2.24) is 20.2 Å². The number of carbonyl (C=O) groups is 2. The molecule has 8 nitrogen and oxygen atoms in total. The molecule has 2 heterocycles. The summed E-state index contributed by atoms with van der Waals surface area (Å²) in [7, 11) is 0. The Morgan fingerprint density at radius 2 is 1.86 bits per heavy atom. The maximum atomic E-state index is 12.5. The molecular weight excluding hydrogens is 378 g/mol. The molecule has 0 saturated heterocycles. The number of aromatic amines is 2. The fraction of sp³-hybridized carbons (Fsp3) is 0.211. The van der Waals surface area contributed by atoms with Crippen LogP contribution in [-0.4, -0.2) is 37.5 Å². The van der Waals surface area contributed by atoms with Gasteiger partial charge in [-0.05, 0) is 32.4 Å². The van der Waals surface area contributed by atoms with Gasteiger partial charge < -0.3 is 10.7 Å². The van der Waals surface area contributed by atoms with Crippen LogP contribution < -0.4 is 11.3 Å². The molecule has 0 aliphatic rings. The summed E-state index contributed by atoms with van der Waals surface area (Å²) in [5.74, 6) is -0.253. The SMILES string of the molecule is CC(=O)c1c(C)[nH]c(C(=O)CSc2nnc(-c3ccccc3N)c(=O)[nH]2)c1C. The monoisotopic (exact) mass is 397 g/mol. The Labute approximate surface area is 165 Å². The van der Waals surface area contributed by atoms with Crippen LogP contribution in [0.1, 0.15) is 39.0 Å². The molecule has 3 aromatic rings. The first-order valence-corrected chi connectivity index (χ1v) is 9.46. The summed E-state index contributed by atoms with van der Waals surface area (Å²) >= 11 is 1.06. The van der Waals surface area contributed by atoms with Crippen molar-refractivity contribution in [3.05, 3.63) is 57.1 Å². The number of benzene rings is 1. The predicted octanol–water partition coefficient (Wildman–Crippen LogP) is 2.54. The van der Waals surface area contributed by atoms with E-state index in [1.165, 1.54) is 6.92 Å². The number of nitrogen functional groups attached to an aromatic ring is 1. The van der Waals surface area contributed by atoms with E-state index in [-0.39, 0.29) is 28.2 Å². The number of para-hydroxylation sites is 1. The zero-order chi connectivity index (χ0) is 20.4. The Morgan fingerprint density at radius 1 is 1.14 bits per heavy atom. The van der Waals surface area contributed by atoms with Crippen LogP contribution in [0.15, 0.2) is 34.2 Å². The third kappa shape index (κ3) is 3.74. The second-order valence-corrected chi connectivity index (χ2v) is 7.25. The fourth-order valence-corrected chi connectivity index (χ4v) is 3.71. The zero-order valence-corrected chi connectivity index (χ0v) is 16.4. The molecule has 0 bridgehead atoms. The van der Waals surface area contributed by atoms with Crippen LogP contribution >= 0.6 is 11.8 Å². The van der Waals surface area contributed by atoms with Crippen LogP contribution in [0.5, 0.6) is 0 Å². The largest absolute Gasteiger partial charge is 0.398 e. The molecule has 0 amide bonds. The van der Waals surface area contributed by atoms with Crippen molar-refractivity contribution in [1.29, 1.82) is 0 Å². The highest BCUT2D eigenvalue weighted by Gasteiger charge is 2.20. The number of nitrogens with one attached hydrogen (secondary N) is 2. The average Bonchev–Trinajstić information content (AvgIpc) is 2.95. The van der Waals surface area contributed by atoms with Crippen LogP contribution in [0.25, 0.3) is 11.3 Å². The van der Waals surface area contributed by atoms with Gasteiger partial charge in [-0.1, -0.05) is 30.0 Å². The van der Waals surface area contributed by atoms with E-state index in [9.17, 15) is 14.4 Å². The lowest BCUT2D eigenvalue weighted by molar-refractivity contribution is 0.101. The Morgan fingerprint density at radius 3 is 2.46 bits per heavy atom. The van der Waals surface area contributed by atoms with Gasteiger partial charge in [0.25, 0.3) is 5.56 Å². The minimum absolute atomic E-state index is 0.0373. The lowest BCUT2D eigenvalue weighted by Crippen LogP contribution is -2.15. The standard InChI is InChI=1S/C19H19N5O3S/c1-9-15(11(3)25)10(2)21-16(9)14(26)8-28-19-22-18(27)17(23-24-19)12-6-4-5-7-13(12)20/h4-7,21H,8,20H2,1-3H3,(H,22,24,27). The van der Waals surface area contributed by atoms with Crippen molar-refractivity contribution >= 4 is 29.0 Å². The summed E-state index contributed by atoms with van der Waals surface area (Å²) in [5, 5.41) is 8.17. The van der Waals surface area contributed by atoms with Gasteiger partial charge in [0, 0.05) is 22.5 Å². The van der Waals surface area contributed by atoms with Crippen LogP contribution in [0.4, 0.5) is 5.69 Å². The summed E-state index contributed by atoms with van der Waals surface area (Å²) in [6.45, 7) is 4.96. The number of aromatic nitrogens is 4. The van der Waals surface area contributed by atoms with E-state index in [1.54, 1.807) is 38.1 Å². The van der Waals surface area contributed by atoms with Crippen molar-refractivity contribution in [3.63, 3.8) is 0 Å². The molecule has 4 N–H and O–H groups in total. The van der Waals surface area contributed by atoms with E-state index in [2.05, 4.69) is 20.2 Å². The summed E-state index contributed by atoms with van der Waals surface area (Å²) < 4.78 is 0. The minimum atomic E-state index is -0.436. The predicted molar refractivity (Wildman–Crippen MR) is 108 cm³/mol. The number of thioether (sulfide) groups is 1. The molecule has 1 aromatic carbocycles. The van der Waals surface area contributed by atoms with E-state index in [1.807, 2.05) is 0 Å². The van der Waals surface area contributed by atoms with E-state index in [4.69, 9.17) is 5.73 Å². The topological polar surface area (TPSA) is 135 Å². The molecule has 2 aromatic heterocycles. The first-order chi connectivity index (χ1) is 13.3. The third-order valence-electron chi connectivity index (χ3n) is 4.30. The maximum Gasteiger partial charge on any atom is 0.278 e. The first-order valence-electron chi connectivity index (χ1n) is 8.47. The van der Waals surface area contributed by atoms with Crippen LogP contribution in [-0.2, 0) is 0 Å². The van der Waals surface area contributed by atoms with Gasteiger partial charge in [0.05, 0.1) is 11.4 Å². The highest BCUT2D eigenvalue weighted by atomic mass is 32.2. The van der Waals surface area contributed by atoms with Gasteiger partial charge in [-0.3, -0.25) is 19.4 Å². The molecule has 3 rings (SSSR count). The number of H-pyrrole nitrogens is 2. The molecule has 28 heavy (non-hydrogen) atoms. The molecule has 0 saturated carbocycles. The summed E-state index contributed by atoms with van der Waals surface area (Å²) in [4.78, 5) is 42.2. The quantitative estimate of drug-likeness (QED) is 0.330. The number of hydrogen-bond donors (Lipinski definition) is 3. The molecule has 0 aliphatic carbocycles. The van der Waals surface area contributed by atoms with Crippen LogP contribution in [0, 0.1) is 13.8 Å². The number of nitrogens with zero attached hydrogens (tertiary/aromatic N) is 2. The first kappa shape index (κ1) is 19.6. The maximum absolute atomic E-state index is 12.5. The van der Waals surface area contributed by atoms with E-state index in [0.29, 0.717) is 33.8 Å². The molecule has 0 fully saturated rings. The van der Waals surface area contributed by atoms with Gasteiger partial charge >= 0.3 is 0 Å². The third-order valence-corrected chi connectivity index (χ3v) is 5.16. The zero-order valence-electron chi connectivity index (χ0n) is 15.6. The molecule has 0 unspecified atom stereocenters. The number of nitrogens with two attached hydrogens (primary N) is 1. The normalized spacial score (nSPS) is 10.8. The van der Waals surface area contributed by atoms with Crippen molar-refractivity contribution in [2.75, 3.05) is 11.5 Å². The summed E-state index contributed by atoms with van der Waals surface area (Å²) in [5.41, 5.74) is 8.70. The number of aryl methyl sites for hydroxylation is 1. The highest BCUT2D eigenvalue weighted by molar-refractivity contribution is 7.99. The number of rotatable bonds is 6. The molecule has 0 aliphatic heterocycles. The summed E-state index contributed by atoms with van der Waals surface area (Å²) in [6.07, 6.45) is 0. The number of anilines is 1. The Bertz CT molecular complexity index is 1130. The lowest BCUT2D eigenvalue weighted by Gasteiger charge is -2.04. The van der Waals surface area contributed by atoms with Crippen LogP contribution in [0.2, 0.25) is 0 Å². The van der Waals surface area contributed by atoms with E-state index < -0.39 is 5.56 Å². The van der Waals surface area contributed by atoms with Gasteiger partial charge in [0.15, 0.2) is 22.4 Å². The van der Waals surface area contributed by atoms with Gasteiger partial charge in [-0.25, -0.2) is 0 Å². The van der Waals surface area contributed by atoms with E-state index in [0.717, 1.165) is 11.8 Å². The summed E-state index contributed by atoms with van der Waals surface area (Å²) in [6, 6.07) is 6.88. The molecule has 0 spiro atoms. The number of carbonyl (C=O) groups excluding carboxylic acids is 2. The minimum Gasteiger partial charge on any atom is -0.398 e. The molecule has 9 heteroatoms. The Hall–Kier alpha value is -3.20. The second kappa shape index (κ2) is 7.81. The van der Waals surface area contributed by atoms with Crippen molar-refractivity contribution in [2.24, 2.45) is 0 Å². The van der Waals surface area contributed by atoms with Gasteiger partial charge in [-0.15, -0.1) is 10.2 Å². The average molecular weight is 397 g/mol. The molecule has 0 atom stereocenters. The fourth-order valence-electron chi connectivity index (χ4n) is 3.04. The Balaban J connectivity index is 1.77. The van der Waals surface area contributed by atoms with Gasteiger partial charge in [0.2, 0.25) is 0 Å². The smallest absolute Gasteiger partial charge is 0.278 e. The van der Waals surface area contributed by atoms with Gasteiger partial charge in [0.1, 0.15) is 0 Å². The van der Waals surface area contributed by atoms with E-state index >= 15 is 0 Å². The van der Waals surface area contributed by atoms with Gasteiger partial charge in [-0.2, -0.15) is 0 Å². The highest BCUT2D eigenvalue weighted by Crippen LogP contribution is 2.23. The van der Waals surface area contributed by atoms with Crippen molar-refractivity contribution in [3.8, 4) is 11.3 Å². The van der Waals surface area contributed by atoms with Crippen molar-refractivity contribution < 1.29 is 9.59 Å². The van der Waals surface area contributed by atoms with Crippen molar-refractivity contribution in [2.45, 2.75) is 25.9 Å². The molecular formula is C19H19N5O3S.